The van der Waals surface area contributed by atoms with E-state index in [2.05, 4.69) is 5.43 Å². The summed E-state index contributed by atoms with van der Waals surface area (Å²) < 4.78 is 5.97. The van der Waals surface area contributed by atoms with Crippen LogP contribution < -0.4 is 10.2 Å². The fourth-order valence-corrected chi connectivity index (χ4v) is 3.96. The lowest BCUT2D eigenvalue weighted by molar-refractivity contribution is -0.123. The van der Waals surface area contributed by atoms with Gasteiger partial charge in [-0.2, -0.15) is 5.01 Å². The second kappa shape index (κ2) is 8.28. The Hall–Kier alpha value is -2.11. The van der Waals surface area contributed by atoms with Crippen LogP contribution in [-0.4, -0.2) is 33.4 Å². The fourth-order valence-electron chi connectivity index (χ4n) is 2.24. The molecule has 1 aliphatic rings. The van der Waals surface area contributed by atoms with Gasteiger partial charge in [0.1, 0.15) is 11.5 Å². The van der Waals surface area contributed by atoms with Crippen molar-refractivity contribution in [2.75, 3.05) is 7.11 Å². The Labute approximate surface area is 178 Å². The predicted molar refractivity (Wildman–Crippen MR) is 116 cm³/mol. The number of hydrazine groups is 1. The molecular formula is C18H13IN2O4S2. The van der Waals surface area contributed by atoms with Crippen LogP contribution in [0, 0.1) is 3.57 Å². The second-order valence-electron chi connectivity index (χ2n) is 5.40. The molecule has 0 unspecified atom stereocenters. The molecule has 2 amide bonds. The Morgan fingerprint density at radius 1 is 1.30 bits per heavy atom. The summed E-state index contributed by atoms with van der Waals surface area (Å²) in [5.74, 6) is -0.0555. The molecule has 0 aliphatic carbocycles. The summed E-state index contributed by atoms with van der Waals surface area (Å²) in [6.07, 6.45) is 1.67. The van der Waals surface area contributed by atoms with Crippen LogP contribution in [0.1, 0.15) is 15.9 Å². The maximum atomic E-state index is 12.6. The fraction of sp³-hybridized carbons (Fsp3) is 0.0556. The number of nitrogens with zero attached hydrogens (tertiary/aromatic N) is 1. The molecule has 2 aromatic carbocycles. The van der Waals surface area contributed by atoms with Crippen molar-refractivity contribution >= 4 is 68.8 Å². The minimum absolute atomic E-state index is 0.173. The van der Waals surface area contributed by atoms with Crippen LogP contribution in [0.15, 0.2) is 47.4 Å². The molecule has 6 nitrogen and oxygen atoms in total. The zero-order valence-corrected chi connectivity index (χ0v) is 17.7. The predicted octanol–water partition coefficient (Wildman–Crippen LogP) is 3.55. The Balaban J connectivity index is 1.76. The van der Waals surface area contributed by atoms with Gasteiger partial charge in [0.25, 0.3) is 11.8 Å². The normalized spacial score (nSPS) is 15.3. The summed E-state index contributed by atoms with van der Waals surface area (Å²) in [6.45, 7) is 0. The van der Waals surface area contributed by atoms with Crippen molar-refractivity contribution < 1.29 is 19.4 Å². The molecule has 3 rings (SSSR count). The Morgan fingerprint density at radius 3 is 2.63 bits per heavy atom. The van der Waals surface area contributed by atoms with Gasteiger partial charge in [-0.25, -0.2) is 0 Å². The highest BCUT2D eigenvalue weighted by Gasteiger charge is 2.33. The molecule has 0 radical (unpaired) electrons. The summed E-state index contributed by atoms with van der Waals surface area (Å²) in [5.41, 5.74) is 3.65. The molecule has 0 spiro atoms. The molecule has 138 valence electrons. The first-order chi connectivity index (χ1) is 12.9. The lowest BCUT2D eigenvalue weighted by atomic mass is 10.2. The minimum atomic E-state index is -0.450. The van der Waals surface area contributed by atoms with E-state index < -0.39 is 11.8 Å². The molecule has 0 saturated carbocycles. The summed E-state index contributed by atoms with van der Waals surface area (Å²) in [4.78, 5) is 25.4. The third-order valence-corrected chi connectivity index (χ3v) is 5.79. The van der Waals surface area contributed by atoms with Crippen LogP contribution >= 0.6 is 46.6 Å². The van der Waals surface area contributed by atoms with Gasteiger partial charge >= 0.3 is 0 Å². The molecule has 9 heteroatoms. The van der Waals surface area contributed by atoms with Crippen LogP contribution in [-0.2, 0) is 4.79 Å². The van der Waals surface area contributed by atoms with E-state index in [4.69, 9.17) is 17.0 Å². The van der Waals surface area contributed by atoms with E-state index in [1.54, 1.807) is 48.5 Å². The molecule has 27 heavy (non-hydrogen) atoms. The van der Waals surface area contributed by atoms with Crippen molar-refractivity contribution in [1.82, 2.24) is 10.4 Å². The lowest BCUT2D eigenvalue weighted by Crippen LogP contribution is -2.44. The number of carbonyl (C=O) groups is 2. The van der Waals surface area contributed by atoms with Crippen molar-refractivity contribution in [3.63, 3.8) is 0 Å². The van der Waals surface area contributed by atoms with Crippen LogP contribution in [0.25, 0.3) is 6.08 Å². The molecule has 0 aromatic heterocycles. The maximum Gasteiger partial charge on any atom is 0.285 e. The first kappa shape index (κ1) is 19.6. The molecule has 1 saturated heterocycles. The van der Waals surface area contributed by atoms with Crippen molar-refractivity contribution in [3.8, 4) is 11.5 Å². The number of phenols is 1. The van der Waals surface area contributed by atoms with Gasteiger partial charge in [0.15, 0.2) is 4.32 Å². The van der Waals surface area contributed by atoms with Gasteiger partial charge < -0.3 is 9.84 Å². The number of benzene rings is 2. The van der Waals surface area contributed by atoms with Crippen molar-refractivity contribution in [2.24, 2.45) is 0 Å². The average molecular weight is 512 g/mol. The lowest BCUT2D eigenvalue weighted by Gasteiger charge is -2.15. The number of thioether (sulfide) groups is 1. The number of phenolic OH excluding ortho intramolecular Hbond substituents is 1. The Bertz CT molecular complexity index is 960. The number of thiocarbonyl (C=S) groups is 1. The molecule has 1 heterocycles. The smallest absolute Gasteiger partial charge is 0.285 e. The van der Waals surface area contributed by atoms with Gasteiger partial charge in [-0.05, 0) is 82.8 Å². The van der Waals surface area contributed by atoms with Gasteiger partial charge in [-0.15, -0.1) is 0 Å². The number of ether oxygens (including phenoxy) is 1. The van der Waals surface area contributed by atoms with Gasteiger partial charge in [-0.1, -0.05) is 17.8 Å². The number of hydrogen-bond acceptors (Lipinski definition) is 6. The monoisotopic (exact) mass is 512 g/mol. The molecule has 2 N–H and O–H groups in total. The molecule has 2 aromatic rings. The maximum absolute atomic E-state index is 12.6. The third-order valence-electron chi connectivity index (χ3n) is 3.63. The van der Waals surface area contributed by atoms with Crippen LogP contribution in [0.5, 0.6) is 11.5 Å². The van der Waals surface area contributed by atoms with E-state index in [-0.39, 0.29) is 10.1 Å². The topological polar surface area (TPSA) is 78.9 Å². The number of halogens is 1. The van der Waals surface area contributed by atoms with Crippen LogP contribution in [0.4, 0.5) is 0 Å². The summed E-state index contributed by atoms with van der Waals surface area (Å²) in [6, 6.07) is 11.5. The highest BCUT2D eigenvalue weighted by Crippen LogP contribution is 2.32. The SMILES string of the molecule is COc1ccc(C(=O)NN2C(=O)/C(=C/c3ccc(O)c(I)c3)SC2=S)cc1. The number of amides is 2. The van der Waals surface area contributed by atoms with E-state index in [1.165, 1.54) is 7.11 Å². The van der Waals surface area contributed by atoms with Crippen LogP contribution in [0.2, 0.25) is 0 Å². The summed E-state index contributed by atoms with van der Waals surface area (Å²) in [7, 11) is 1.54. The van der Waals surface area contributed by atoms with E-state index in [0.29, 0.717) is 19.8 Å². The Kier molecular flexibility index (Phi) is 6.02. The van der Waals surface area contributed by atoms with Crippen molar-refractivity contribution in [2.45, 2.75) is 0 Å². The Morgan fingerprint density at radius 2 is 2.00 bits per heavy atom. The van der Waals surface area contributed by atoms with Gasteiger partial charge in [0.2, 0.25) is 0 Å². The zero-order chi connectivity index (χ0) is 19.6. The second-order valence-corrected chi connectivity index (χ2v) is 8.24. The van der Waals surface area contributed by atoms with Crippen molar-refractivity contribution in [3.05, 3.63) is 62.1 Å². The van der Waals surface area contributed by atoms with Crippen molar-refractivity contribution in [1.29, 1.82) is 0 Å². The quantitative estimate of drug-likeness (QED) is 0.371. The van der Waals surface area contributed by atoms with Crippen LogP contribution in [0.3, 0.4) is 0 Å². The number of methoxy groups -OCH3 is 1. The zero-order valence-electron chi connectivity index (χ0n) is 13.9. The molecule has 0 atom stereocenters. The number of rotatable bonds is 4. The van der Waals surface area contributed by atoms with Gasteiger partial charge in [-0.3, -0.25) is 15.0 Å². The molecule has 1 aliphatic heterocycles. The molecular weight excluding hydrogens is 499 g/mol. The number of aromatic hydroxyl groups is 1. The first-order valence-electron chi connectivity index (χ1n) is 7.60. The highest BCUT2D eigenvalue weighted by atomic mass is 127. The average Bonchev–Trinajstić information content (AvgIpc) is 2.92. The minimum Gasteiger partial charge on any atom is -0.507 e. The summed E-state index contributed by atoms with van der Waals surface area (Å²) >= 11 is 8.32. The van der Waals surface area contributed by atoms with E-state index >= 15 is 0 Å². The summed E-state index contributed by atoms with van der Waals surface area (Å²) in [5, 5.41) is 10.7. The third kappa shape index (κ3) is 4.42. The van der Waals surface area contributed by atoms with Gasteiger partial charge in [0.05, 0.1) is 15.6 Å². The van der Waals surface area contributed by atoms with Gasteiger partial charge in [0, 0.05) is 5.56 Å². The molecule has 0 bridgehead atoms. The number of carbonyl (C=O) groups excluding carboxylic acids is 2. The standard InChI is InChI=1S/C18H13IN2O4S2/c1-25-12-5-3-11(4-6-12)16(23)20-21-17(24)15(27-18(21)26)9-10-2-7-14(22)13(19)8-10/h2-9,22H,1H3,(H,20,23)/b15-9-. The van der Waals surface area contributed by atoms with E-state index in [1.807, 2.05) is 22.6 Å². The van der Waals surface area contributed by atoms with E-state index in [0.717, 1.165) is 22.3 Å². The highest BCUT2D eigenvalue weighted by molar-refractivity contribution is 14.1. The van der Waals surface area contributed by atoms with E-state index in [9.17, 15) is 14.7 Å². The number of hydrogen-bond donors (Lipinski definition) is 2. The molecule has 1 fully saturated rings. The first-order valence-corrected chi connectivity index (χ1v) is 9.91. The largest absolute Gasteiger partial charge is 0.507 e. The number of nitrogens with one attached hydrogen (secondary N) is 1.